The fourth-order valence-corrected chi connectivity index (χ4v) is 2.42. The number of ether oxygens (including phenoxy) is 3. The Balaban J connectivity index is 1.57. The third-order valence-electron chi connectivity index (χ3n) is 3.88. The van der Waals surface area contributed by atoms with Crippen molar-refractivity contribution < 1.29 is 33.1 Å². The zero-order chi connectivity index (χ0) is 21.0. The summed E-state index contributed by atoms with van der Waals surface area (Å²) in [6.45, 7) is 1.47. The molecule has 0 aliphatic carbocycles. The van der Waals surface area contributed by atoms with Crippen LogP contribution in [0.2, 0.25) is 0 Å². The third kappa shape index (κ3) is 4.86. The van der Waals surface area contributed by atoms with Crippen LogP contribution in [0.1, 0.15) is 12.5 Å². The van der Waals surface area contributed by atoms with Crippen molar-refractivity contribution >= 4 is 29.3 Å². The molecule has 1 atom stereocenters. The van der Waals surface area contributed by atoms with Crippen LogP contribution in [0.4, 0.5) is 15.8 Å². The van der Waals surface area contributed by atoms with Gasteiger partial charge in [0.2, 0.25) is 12.6 Å². The Morgan fingerprint density at radius 2 is 2.00 bits per heavy atom. The zero-order valence-corrected chi connectivity index (χ0v) is 15.1. The predicted octanol–water partition coefficient (Wildman–Crippen LogP) is 3.05. The average Bonchev–Trinajstić information content (AvgIpc) is 3.15. The average molecular weight is 402 g/mol. The molecule has 2 aromatic rings. The van der Waals surface area contributed by atoms with E-state index in [1.54, 1.807) is 18.2 Å². The van der Waals surface area contributed by atoms with Crippen molar-refractivity contribution in [3.8, 4) is 11.5 Å². The predicted molar refractivity (Wildman–Crippen MR) is 98.8 cm³/mol. The van der Waals surface area contributed by atoms with Gasteiger partial charge in [-0.1, -0.05) is 6.07 Å². The monoisotopic (exact) mass is 402 g/mol. The molecule has 0 fully saturated rings. The van der Waals surface area contributed by atoms with Gasteiger partial charge in [0.15, 0.2) is 17.6 Å². The minimum atomic E-state index is -1.19. The van der Waals surface area contributed by atoms with Crippen LogP contribution in [-0.2, 0) is 14.3 Å². The molecule has 1 aliphatic heterocycles. The highest BCUT2D eigenvalue weighted by Gasteiger charge is 2.20. The summed E-state index contributed by atoms with van der Waals surface area (Å²) in [5, 5.41) is 13.1. The number of hydrogen-bond donors (Lipinski definition) is 1. The van der Waals surface area contributed by atoms with Crippen LogP contribution in [-0.4, -0.2) is 29.7 Å². The lowest BCUT2D eigenvalue weighted by atomic mass is 10.2. The van der Waals surface area contributed by atoms with Crippen LogP contribution in [0.15, 0.2) is 42.5 Å². The van der Waals surface area contributed by atoms with Gasteiger partial charge in [0.25, 0.3) is 5.91 Å². The van der Waals surface area contributed by atoms with E-state index in [0.29, 0.717) is 17.1 Å². The number of esters is 1. The van der Waals surface area contributed by atoms with Gasteiger partial charge in [-0.05, 0) is 42.8 Å². The van der Waals surface area contributed by atoms with Gasteiger partial charge in [-0.25, -0.2) is 4.79 Å². The number of nitrogens with one attached hydrogen (secondary N) is 1. The molecule has 3 rings (SSSR count). The van der Waals surface area contributed by atoms with E-state index in [1.807, 2.05) is 0 Å². The molecular formula is C19H15FN2O7. The lowest BCUT2D eigenvalue weighted by molar-refractivity contribution is -0.387. The van der Waals surface area contributed by atoms with Gasteiger partial charge in [0, 0.05) is 17.8 Å². The first-order chi connectivity index (χ1) is 13.8. The highest BCUT2D eigenvalue weighted by Crippen LogP contribution is 2.32. The summed E-state index contributed by atoms with van der Waals surface area (Å²) in [7, 11) is 0. The minimum Gasteiger partial charge on any atom is -0.454 e. The molecule has 0 saturated carbocycles. The van der Waals surface area contributed by atoms with E-state index in [-0.39, 0.29) is 12.5 Å². The number of carbonyl (C=O) groups is 2. The molecule has 9 nitrogen and oxygen atoms in total. The molecule has 29 heavy (non-hydrogen) atoms. The summed E-state index contributed by atoms with van der Waals surface area (Å²) in [6.07, 6.45) is 1.44. The smallest absolute Gasteiger partial charge is 0.331 e. The van der Waals surface area contributed by atoms with Gasteiger partial charge in [-0.15, -0.1) is 0 Å². The molecule has 0 bridgehead atoms. The maximum Gasteiger partial charge on any atom is 0.331 e. The Morgan fingerprint density at radius 1 is 1.24 bits per heavy atom. The SMILES string of the molecule is C[C@@H](OC(=O)/C=C/c1ccc2c(c1)OCO2)C(=O)Nc1ccc(F)c([N+](=O)[O-])c1. The number of rotatable bonds is 6. The van der Waals surface area contributed by atoms with Gasteiger partial charge >= 0.3 is 11.7 Å². The van der Waals surface area contributed by atoms with Gasteiger partial charge < -0.3 is 19.5 Å². The zero-order valence-electron chi connectivity index (χ0n) is 15.1. The molecule has 2 aromatic carbocycles. The second-order valence-electron chi connectivity index (χ2n) is 5.94. The molecule has 0 spiro atoms. The quantitative estimate of drug-likeness (QED) is 0.342. The van der Waals surface area contributed by atoms with E-state index in [1.165, 1.54) is 13.0 Å². The minimum absolute atomic E-state index is 0.00176. The van der Waals surface area contributed by atoms with Crippen LogP contribution in [0.25, 0.3) is 6.08 Å². The van der Waals surface area contributed by atoms with Crippen molar-refractivity contribution in [2.45, 2.75) is 13.0 Å². The first kappa shape index (κ1) is 19.8. The highest BCUT2D eigenvalue weighted by molar-refractivity contribution is 5.96. The summed E-state index contributed by atoms with van der Waals surface area (Å²) in [6, 6.07) is 8.00. The second-order valence-corrected chi connectivity index (χ2v) is 5.94. The number of halogens is 1. The van der Waals surface area contributed by atoms with Crippen LogP contribution >= 0.6 is 0 Å². The molecule has 1 aliphatic rings. The van der Waals surface area contributed by atoms with E-state index in [2.05, 4.69) is 5.32 Å². The van der Waals surface area contributed by atoms with Crippen molar-refractivity contribution in [2.24, 2.45) is 0 Å². The molecule has 0 radical (unpaired) electrons. The third-order valence-corrected chi connectivity index (χ3v) is 3.88. The van der Waals surface area contributed by atoms with Gasteiger partial charge in [-0.2, -0.15) is 4.39 Å². The number of benzene rings is 2. The number of nitro groups is 1. The van der Waals surface area contributed by atoms with E-state index >= 15 is 0 Å². The van der Waals surface area contributed by atoms with Crippen molar-refractivity contribution in [2.75, 3.05) is 12.1 Å². The molecule has 150 valence electrons. The number of hydrogen-bond acceptors (Lipinski definition) is 7. The summed E-state index contributed by atoms with van der Waals surface area (Å²) in [4.78, 5) is 33.9. The Morgan fingerprint density at radius 3 is 2.76 bits per heavy atom. The molecule has 0 unspecified atom stereocenters. The van der Waals surface area contributed by atoms with E-state index in [0.717, 1.165) is 24.3 Å². The molecule has 0 saturated heterocycles. The number of nitro benzene ring substituents is 1. The lowest BCUT2D eigenvalue weighted by Crippen LogP contribution is -2.29. The normalized spacial score (nSPS) is 13.2. The molecule has 1 amide bonds. The molecule has 0 aromatic heterocycles. The highest BCUT2D eigenvalue weighted by atomic mass is 19.1. The number of fused-ring (bicyclic) bond motifs is 1. The fourth-order valence-electron chi connectivity index (χ4n) is 2.42. The van der Waals surface area contributed by atoms with Crippen LogP contribution in [0, 0.1) is 15.9 Å². The Hall–Kier alpha value is -3.95. The van der Waals surface area contributed by atoms with Crippen LogP contribution in [0.5, 0.6) is 11.5 Å². The van der Waals surface area contributed by atoms with E-state index in [9.17, 15) is 24.1 Å². The number of anilines is 1. The maximum atomic E-state index is 13.3. The van der Waals surface area contributed by atoms with Gasteiger partial charge in [-0.3, -0.25) is 14.9 Å². The number of nitrogens with zero attached hydrogens (tertiary/aromatic N) is 1. The van der Waals surface area contributed by atoms with Crippen LogP contribution in [0.3, 0.4) is 0 Å². The Labute approximate surface area is 163 Å². The second kappa shape index (κ2) is 8.38. The van der Waals surface area contributed by atoms with Crippen molar-refractivity contribution in [3.05, 3.63) is 64.0 Å². The largest absolute Gasteiger partial charge is 0.454 e. The first-order valence-corrected chi connectivity index (χ1v) is 8.36. The van der Waals surface area contributed by atoms with Crippen LogP contribution < -0.4 is 14.8 Å². The topological polar surface area (TPSA) is 117 Å². The summed E-state index contributed by atoms with van der Waals surface area (Å²) < 4.78 is 28.8. The summed E-state index contributed by atoms with van der Waals surface area (Å²) in [5.74, 6) is -1.36. The fraction of sp³-hybridized carbons (Fsp3) is 0.158. The maximum absolute atomic E-state index is 13.3. The van der Waals surface area contributed by atoms with Crippen molar-refractivity contribution in [1.82, 2.24) is 0 Å². The van der Waals surface area contributed by atoms with E-state index in [4.69, 9.17) is 14.2 Å². The molecule has 1 heterocycles. The number of amides is 1. The summed E-state index contributed by atoms with van der Waals surface area (Å²) >= 11 is 0. The van der Waals surface area contributed by atoms with Crippen molar-refractivity contribution in [1.29, 1.82) is 0 Å². The van der Waals surface area contributed by atoms with Gasteiger partial charge in [0.1, 0.15) is 0 Å². The molecule has 10 heteroatoms. The molecule has 1 N–H and O–H groups in total. The molecular weight excluding hydrogens is 387 g/mol. The Bertz CT molecular complexity index is 1010. The van der Waals surface area contributed by atoms with Gasteiger partial charge in [0.05, 0.1) is 4.92 Å². The summed E-state index contributed by atoms with van der Waals surface area (Å²) in [5.41, 5.74) is -0.108. The standard InChI is InChI=1S/C19H15FN2O7/c1-11(19(24)21-13-4-5-14(20)15(9-13)22(25)26)29-18(23)7-3-12-2-6-16-17(8-12)28-10-27-16/h2-9,11H,10H2,1H3,(H,21,24)/b7-3+/t11-/m1/s1. The number of carbonyl (C=O) groups excluding carboxylic acids is 2. The van der Waals surface area contributed by atoms with E-state index < -0.39 is 34.4 Å². The first-order valence-electron chi connectivity index (χ1n) is 8.36. The van der Waals surface area contributed by atoms with Crippen molar-refractivity contribution in [3.63, 3.8) is 0 Å². The lowest BCUT2D eigenvalue weighted by Gasteiger charge is -2.12. The Kier molecular flexibility index (Phi) is 5.72.